The van der Waals surface area contributed by atoms with Gasteiger partial charge in [-0.15, -0.1) is 11.3 Å². The lowest BCUT2D eigenvalue weighted by Gasteiger charge is -2.25. The third-order valence-electron chi connectivity index (χ3n) is 2.68. The molecule has 1 saturated heterocycles. The van der Waals surface area contributed by atoms with Gasteiger partial charge < -0.3 is 10.6 Å². The van der Waals surface area contributed by atoms with Gasteiger partial charge in [-0.25, -0.2) is 13.4 Å². The highest BCUT2D eigenvalue weighted by Gasteiger charge is 2.23. The van der Waals surface area contributed by atoms with Crippen LogP contribution in [-0.4, -0.2) is 38.0 Å². The van der Waals surface area contributed by atoms with E-state index in [-0.39, 0.29) is 11.5 Å². The number of aromatic nitrogens is 1. The van der Waals surface area contributed by atoms with Gasteiger partial charge in [-0.05, 0) is 6.92 Å². The average molecular weight is 261 g/mol. The minimum atomic E-state index is -2.82. The van der Waals surface area contributed by atoms with E-state index in [0.717, 1.165) is 15.7 Å². The standard InChI is InChI=1S/C9H15N3O2S2/c1-7-8(6-10)15-9(11-7)12-2-4-16(13,14)5-3-12/h2-6,10H2,1H3. The van der Waals surface area contributed by atoms with Gasteiger partial charge in [0.15, 0.2) is 15.0 Å². The van der Waals surface area contributed by atoms with Crippen LogP contribution in [-0.2, 0) is 16.4 Å². The fourth-order valence-corrected chi connectivity index (χ4v) is 3.83. The number of nitrogens with zero attached hydrogens (tertiary/aromatic N) is 2. The molecule has 1 aliphatic rings. The maximum Gasteiger partial charge on any atom is 0.185 e. The van der Waals surface area contributed by atoms with Crippen LogP contribution < -0.4 is 10.6 Å². The molecule has 0 amide bonds. The number of nitrogens with two attached hydrogens (primary N) is 1. The minimum Gasteiger partial charge on any atom is -0.346 e. The predicted octanol–water partition coefficient (Wildman–Crippen LogP) is 0.145. The Labute approximate surface area is 99.2 Å². The first-order valence-electron chi connectivity index (χ1n) is 5.13. The van der Waals surface area contributed by atoms with E-state index >= 15 is 0 Å². The molecule has 0 unspecified atom stereocenters. The number of thiazole rings is 1. The fraction of sp³-hybridized carbons (Fsp3) is 0.667. The molecule has 0 bridgehead atoms. The maximum absolute atomic E-state index is 11.3. The highest BCUT2D eigenvalue weighted by Crippen LogP contribution is 2.26. The number of rotatable bonds is 2. The topological polar surface area (TPSA) is 76.3 Å². The van der Waals surface area contributed by atoms with E-state index in [1.165, 1.54) is 0 Å². The number of sulfone groups is 1. The quantitative estimate of drug-likeness (QED) is 0.820. The van der Waals surface area contributed by atoms with Crippen LogP contribution in [0.2, 0.25) is 0 Å². The summed E-state index contributed by atoms with van der Waals surface area (Å²) in [5, 5.41) is 0.896. The molecule has 0 aromatic carbocycles. The summed E-state index contributed by atoms with van der Waals surface area (Å²) >= 11 is 1.56. The molecule has 1 aromatic rings. The lowest BCUT2D eigenvalue weighted by molar-refractivity contribution is 0.586. The fourth-order valence-electron chi connectivity index (χ4n) is 1.64. The second-order valence-corrected chi connectivity index (χ2v) is 7.21. The summed E-state index contributed by atoms with van der Waals surface area (Å²) in [5.41, 5.74) is 6.55. The molecule has 0 saturated carbocycles. The van der Waals surface area contributed by atoms with E-state index in [2.05, 4.69) is 4.98 Å². The molecule has 2 N–H and O–H groups in total. The van der Waals surface area contributed by atoms with Crippen LogP contribution in [0.3, 0.4) is 0 Å². The van der Waals surface area contributed by atoms with Crippen molar-refractivity contribution in [2.45, 2.75) is 13.5 Å². The molecule has 0 atom stereocenters. The molecule has 2 heterocycles. The van der Waals surface area contributed by atoms with Crippen LogP contribution in [0.5, 0.6) is 0 Å². The van der Waals surface area contributed by atoms with Gasteiger partial charge in [0.2, 0.25) is 0 Å². The minimum absolute atomic E-state index is 0.226. The number of hydrogen-bond acceptors (Lipinski definition) is 6. The summed E-state index contributed by atoms with van der Waals surface area (Å²) in [6.07, 6.45) is 0. The van der Waals surface area contributed by atoms with Gasteiger partial charge in [0.1, 0.15) is 0 Å². The monoisotopic (exact) mass is 261 g/mol. The van der Waals surface area contributed by atoms with Crippen molar-refractivity contribution >= 4 is 26.3 Å². The Morgan fingerprint density at radius 1 is 1.44 bits per heavy atom. The van der Waals surface area contributed by atoms with E-state index in [9.17, 15) is 8.42 Å². The molecule has 5 nitrogen and oxygen atoms in total. The molecule has 2 rings (SSSR count). The Morgan fingerprint density at radius 3 is 2.56 bits per heavy atom. The van der Waals surface area contributed by atoms with E-state index in [4.69, 9.17) is 5.73 Å². The predicted molar refractivity (Wildman–Crippen MR) is 65.6 cm³/mol. The van der Waals surface area contributed by atoms with Crippen LogP contribution in [0.1, 0.15) is 10.6 Å². The molecular formula is C9H15N3O2S2. The lowest BCUT2D eigenvalue weighted by atomic mass is 10.4. The lowest BCUT2D eigenvalue weighted by Crippen LogP contribution is -2.40. The summed E-state index contributed by atoms with van der Waals surface area (Å²) in [6.45, 7) is 3.51. The first kappa shape index (κ1) is 11.8. The SMILES string of the molecule is Cc1nc(N2CCS(=O)(=O)CC2)sc1CN. The van der Waals surface area contributed by atoms with Gasteiger partial charge in [-0.2, -0.15) is 0 Å². The van der Waals surface area contributed by atoms with E-state index in [1.807, 2.05) is 11.8 Å². The Kier molecular flexibility index (Phi) is 3.18. The van der Waals surface area contributed by atoms with Crippen LogP contribution in [0.15, 0.2) is 0 Å². The van der Waals surface area contributed by atoms with Crippen LogP contribution >= 0.6 is 11.3 Å². The number of hydrogen-bond donors (Lipinski definition) is 1. The second-order valence-electron chi connectivity index (χ2n) is 3.85. The maximum atomic E-state index is 11.3. The molecule has 0 radical (unpaired) electrons. The number of anilines is 1. The first-order chi connectivity index (χ1) is 7.52. The molecular weight excluding hydrogens is 246 g/mol. The van der Waals surface area contributed by atoms with Crippen molar-refractivity contribution in [2.24, 2.45) is 5.73 Å². The highest BCUT2D eigenvalue weighted by atomic mass is 32.2. The van der Waals surface area contributed by atoms with E-state index in [0.29, 0.717) is 19.6 Å². The Balaban J connectivity index is 2.14. The molecule has 1 aromatic heterocycles. The molecule has 0 aliphatic carbocycles. The molecule has 1 fully saturated rings. The van der Waals surface area contributed by atoms with Crippen molar-refractivity contribution in [2.75, 3.05) is 29.5 Å². The van der Waals surface area contributed by atoms with Gasteiger partial charge in [-0.3, -0.25) is 0 Å². The summed E-state index contributed by atoms with van der Waals surface area (Å²) < 4.78 is 22.6. The third kappa shape index (κ3) is 2.36. The molecule has 0 spiro atoms. The largest absolute Gasteiger partial charge is 0.346 e. The van der Waals surface area contributed by atoms with Crippen molar-refractivity contribution in [1.82, 2.24) is 4.98 Å². The van der Waals surface area contributed by atoms with Gasteiger partial charge in [-0.1, -0.05) is 0 Å². The Morgan fingerprint density at radius 2 is 2.06 bits per heavy atom. The zero-order chi connectivity index (χ0) is 11.8. The Hall–Kier alpha value is -0.660. The van der Waals surface area contributed by atoms with Gasteiger partial charge in [0.25, 0.3) is 0 Å². The van der Waals surface area contributed by atoms with Gasteiger partial charge >= 0.3 is 0 Å². The average Bonchev–Trinajstić information content (AvgIpc) is 2.59. The van der Waals surface area contributed by atoms with Crippen molar-refractivity contribution in [3.8, 4) is 0 Å². The van der Waals surface area contributed by atoms with Crippen molar-refractivity contribution in [1.29, 1.82) is 0 Å². The Bertz CT molecular complexity index is 467. The van der Waals surface area contributed by atoms with Gasteiger partial charge in [0, 0.05) is 24.5 Å². The van der Waals surface area contributed by atoms with Crippen molar-refractivity contribution in [3.05, 3.63) is 10.6 Å². The summed E-state index contributed by atoms with van der Waals surface area (Å²) in [4.78, 5) is 7.52. The third-order valence-corrected chi connectivity index (χ3v) is 5.53. The van der Waals surface area contributed by atoms with E-state index in [1.54, 1.807) is 11.3 Å². The van der Waals surface area contributed by atoms with Crippen LogP contribution in [0.25, 0.3) is 0 Å². The molecule has 1 aliphatic heterocycles. The highest BCUT2D eigenvalue weighted by molar-refractivity contribution is 7.91. The smallest absolute Gasteiger partial charge is 0.185 e. The van der Waals surface area contributed by atoms with Crippen LogP contribution in [0, 0.1) is 6.92 Å². The molecule has 16 heavy (non-hydrogen) atoms. The van der Waals surface area contributed by atoms with E-state index < -0.39 is 9.84 Å². The summed E-state index contributed by atoms with van der Waals surface area (Å²) in [5.74, 6) is 0.452. The van der Waals surface area contributed by atoms with Crippen LogP contribution in [0.4, 0.5) is 5.13 Å². The van der Waals surface area contributed by atoms with Crippen molar-refractivity contribution in [3.63, 3.8) is 0 Å². The zero-order valence-corrected chi connectivity index (χ0v) is 10.8. The zero-order valence-electron chi connectivity index (χ0n) is 9.14. The number of aryl methyl sites for hydroxylation is 1. The normalized spacial score (nSPS) is 20.0. The second kappa shape index (κ2) is 4.31. The summed E-state index contributed by atoms with van der Waals surface area (Å²) in [6, 6.07) is 0. The summed E-state index contributed by atoms with van der Waals surface area (Å²) in [7, 11) is -2.82. The van der Waals surface area contributed by atoms with Gasteiger partial charge in [0.05, 0.1) is 17.2 Å². The molecule has 90 valence electrons. The van der Waals surface area contributed by atoms with Crippen molar-refractivity contribution < 1.29 is 8.42 Å². The first-order valence-corrected chi connectivity index (χ1v) is 7.77. The molecule has 7 heteroatoms.